The summed E-state index contributed by atoms with van der Waals surface area (Å²) in [6.45, 7) is 6.92. The fourth-order valence-electron chi connectivity index (χ4n) is 6.83. The van der Waals surface area contributed by atoms with Gasteiger partial charge in [0.15, 0.2) is 17.6 Å². The number of aromatic hydroxyl groups is 1. The molecule has 2 bridgehead atoms. The summed E-state index contributed by atoms with van der Waals surface area (Å²) in [6, 6.07) is 8.54. The number of phenolic OH excluding ortho intramolecular Hbond substituents is 1. The molecular weight excluding hydrogens is 492 g/mol. The predicted octanol–water partition coefficient (Wildman–Crippen LogP) is 4.61. The van der Waals surface area contributed by atoms with Crippen molar-refractivity contribution < 1.29 is 24.9 Å². The molecule has 2 heterocycles. The maximum Gasteiger partial charge on any atom is 0.254 e. The van der Waals surface area contributed by atoms with Crippen molar-refractivity contribution in [1.29, 1.82) is 0 Å². The second-order valence-electron chi connectivity index (χ2n) is 11.4. The summed E-state index contributed by atoms with van der Waals surface area (Å²) in [5.41, 5.74) is 1.00. The lowest BCUT2D eigenvalue weighted by atomic mass is 9.53. The fraction of sp³-hybridized carbons (Fsp3) is 0.483. The van der Waals surface area contributed by atoms with E-state index in [4.69, 9.17) is 16.3 Å². The number of carbonyl (C=O) groups excluding carboxylic acids is 1. The maximum atomic E-state index is 13.2. The zero-order chi connectivity index (χ0) is 26.3. The van der Waals surface area contributed by atoms with Crippen LogP contribution in [0.1, 0.15) is 49.8 Å². The smallest absolute Gasteiger partial charge is 0.254 e. The number of carbonyl (C=O) groups is 1. The minimum Gasteiger partial charge on any atom is -0.508 e. The van der Waals surface area contributed by atoms with E-state index in [0.717, 1.165) is 29.8 Å². The van der Waals surface area contributed by atoms with Gasteiger partial charge in [-0.3, -0.25) is 9.69 Å². The van der Waals surface area contributed by atoms with Crippen LogP contribution in [0.15, 0.2) is 41.7 Å². The normalized spacial score (nSPS) is 30.8. The number of piperidine rings is 1. The van der Waals surface area contributed by atoms with Crippen LogP contribution in [0, 0.1) is 12.8 Å². The number of likely N-dealkylation sites (tertiary alicyclic amines) is 1. The number of nitrogens with one attached hydrogen (secondary N) is 1. The Balaban J connectivity index is 1.41. The Bertz CT molecular complexity index is 1330. The van der Waals surface area contributed by atoms with E-state index >= 15 is 0 Å². The van der Waals surface area contributed by atoms with E-state index < -0.39 is 23.0 Å². The van der Waals surface area contributed by atoms with Crippen molar-refractivity contribution in [3.63, 3.8) is 0 Å². The number of rotatable bonds is 5. The summed E-state index contributed by atoms with van der Waals surface area (Å²) in [7, 11) is 0. The van der Waals surface area contributed by atoms with Gasteiger partial charge in [0.05, 0.1) is 16.6 Å². The highest BCUT2D eigenvalue weighted by molar-refractivity contribution is 6.31. The number of aliphatic hydroxyl groups is 2. The molecule has 4 N–H and O–H groups in total. The second kappa shape index (κ2) is 8.38. The third-order valence-corrected chi connectivity index (χ3v) is 9.55. The Morgan fingerprint density at radius 1 is 1.27 bits per heavy atom. The Kier molecular flexibility index (Phi) is 5.57. The number of fused-ring (bicyclic) bond motifs is 1. The summed E-state index contributed by atoms with van der Waals surface area (Å²) in [6.07, 6.45) is 2.62. The lowest BCUT2D eigenvalue weighted by Gasteiger charge is -2.59. The molecule has 4 aliphatic rings. The molecule has 1 saturated carbocycles. The van der Waals surface area contributed by atoms with Crippen LogP contribution < -0.4 is 10.1 Å². The molecule has 1 saturated heterocycles. The first kappa shape index (κ1) is 24.6. The molecule has 1 amide bonds. The highest BCUT2D eigenvalue weighted by Gasteiger charge is 2.69. The molecule has 4 atom stereocenters. The van der Waals surface area contributed by atoms with E-state index in [1.165, 1.54) is 12.8 Å². The van der Waals surface area contributed by atoms with Gasteiger partial charge in [-0.15, -0.1) is 0 Å². The number of anilines is 1. The van der Waals surface area contributed by atoms with E-state index in [1.54, 1.807) is 31.2 Å². The quantitative estimate of drug-likeness (QED) is 0.336. The number of aryl methyl sites for hydroxylation is 1. The summed E-state index contributed by atoms with van der Waals surface area (Å²) in [4.78, 5) is 15.6. The molecule has 6 rings (SSSR count). The molecule has 8 heteroatoms. The molecule has 2 aliphatic carbocycles. The van der Waals surface area contributed by atoms with Crippen molar-refractivity contribution in [3.05, 3.63) is 63.4 Å². The molecule has 2 aromatic carbocycles. The highest BCUT2D eigenvalue weighted by atomic mass is 35.5. The van der Waals surface area contributed by atoms with Crippen LogP contribution in [0.2, 0.25) is 5.02 Å². The number of benzene rings is 2. The van der Waals surface area contributed by atoms with Gasteiger partial charge in [0.25, 0.3) is 5.91 Å². The minimum atomic E-state index is -1.26. The number of amides is 1. The van der Waals surface area contributed by atoms with Gasteiger partial charge in [0.1, 0.15) is 5.76 Å². The number of hydrogen-bond acceptors (Lipinski definition) is 6. The van der Waals surface area contributed by atoms with E-state index in [2.05, 4.69) is 10.2 Å². The van der Waals surface area contributed by atoms with Crippen LogP contribution in [0.25, 0.3) is 0 Å². The highest BCUT2D eigenvalue weighted by Crippen LogP contribution is 2.63. The Morgan fingerprint density at radius 2 is 2.03 bits per heavy atom. The van der Waals surface area contributed by atoms with E-state index in [0.29, 0.717) is 35.2 Å². The van der Waals surface area contributed by atoms with Gasteiger partial charge < -0.3 is 25.4 Å². The van der Waals surface area contributed by atoms with Crippen LogP contribution in [0.4, 0.5) is 5.69 Å². The van der Waals surface area contributed by atoms with Crippen molar-refractivity contribution in [2.75, 3.05) is 18.4 Å². The van der Waals surface area contributed by atoms with E-state index in [-0.39, 0.29) is 23.1 Å². The number of ether oxygens (including phenoxy) is 1. The summed E-state index contributed by atoms with van der Waals surface area (Å²) >= 11 is 6.11. The van der Waals surface area contributed by atoms with Crippen molar-refractivity contribution in [2.24, 2.45) is 5.92 Å². The Hall–Kier alpha value is -2.74. The third kappa shape index (κ3) is 3.58. The fourth-order valence-corrected chi connectivity index (χ4v) is 6.95. The maximum absolute atomic E-state index is 13.2. The van der Waals surface area contributed by atoms with Gasteiger partial charge in [-0.1, -0.05) is 17.7 Å². The van der Waals surface area contributed by atoms with Gasteiger partial charge in [0.2, 0.25) is 0 Å². The number of hydrogen-bond donors (Lipinski definition) is 4. The molecule has 2 aromatic rings. The van der Waals surface area contributed by atoms with Crippen LogP contribution in [0.5, 0.6) is 11.5 Å². The molecule has 1 spiro atoms. The van der Waals surface area contributed by atoms with Crippen LogP contribution >= 0.6 is 11.6 Å². The zero-order valence-corrected chi connectivity index (χ0v) is 22.1. The molecule has 7 nitrogen and oxygen atoms in total. The second-order valence-corrected chi connectivity index (χ2v) is 11.8. The number of phenols is 1. The van der Waals surface area contributed by atoms with Gasteiger partial charge in [0, 0.05) is 28.9 Å². The molecule has 0 aromatic heterocycles. The first-order chi connectivity index (χ1) is 17.5. The van der Waals surface area contributed by atoms with Gasteiger partial charge >= 0.3 is 0 Å². The van der Waals surface area contributed by atoms with E-state index in [9.17, 15) is 20.1 Å². The molecule has 0 radical (unpaired) electrons. The number of nitrogens with zero attached hydrogens (tertiary/aromatic N) is 1. The molecule has 37 heavy (non-hydrogen) atoms. The minimum absolute atomic E-state index is 0.0261. The van der Waals surface area contributed by atoms with Crippen molar-refractivity contribution in [2.45, 2.75) is 69.6 Å². The summed E-state index contributed by atoms with van der Waals surface area (Å²) < 4.78 is 6.29. The third-order valence-electron chi connectivity index (χ3n) is 9.13. The molecular formula is C29H33ClN2O5. The largest absolute Gasteiger partial charge is 0.508 e. The van der Waals surface area contributed by atoms with Crippen molar-refractivity contribution in [1.82, 2.24) is 4.90 Å². The predicted molar refractivity (Wildman–Crippen MR) is 141 cm³/mol. The van der Waals surface area contributed by atoms with Crippen LogP contribution in [-0.4, -0.2) is 57.0 Å². The SMILES string of the molecule is C/C(C(=O)Nc1ccc(Cl)c(C)c1)=C(/O)[C@@H]1Oc2c(O)ccc3c2[C@@]12CCN(CC1CC1)[C@H](C3)[C@@]2(C)O. The monoisotopic (exact) mass is 524 g/mol. The molecule has 196 valence electrons. The number of aliphatic hydroxyl groups excluding tert-OH is 1. The van der Waals surface area contributed by atoms with Crippen molar-refractivity contribution >= 4 is 23.2 Å². The first-order valence-electron chi connectivity index (χ1n) is 13.0. The summed E-state index contributed by atoms with van der Waals surface area (Å²) in [5, 5.41) is 38.0. The van der Waals surface area contributed by atoms with Gasteiger partial charge in [-0.2, -0.15) is 0 Å². The van der Waals surface area contributed by atoms with Gasteiger partial charge in [-0.25, -0.2) is 0 Å². The topological polar surface area (TPSA) is 102 Å². The molecule has 0 unspecified atom stereocenters. The zero-order valence-electron chi connectivity index (χ0n) is 21.3. The number of halogens is 1. The summed E-state index contributed by atoms with van der Waals surface area (Å²) in [5.74, 6) is 0.235. The van der Waals surface area contributed by atoms with Crippen LogP contribution in [-0.2, 0) is 16.6 Å². The molecule has 2 aliphatic heterocycles. The Morgan fingerprint density at radius 3 is 2.73 bits per heavy atom. The average molecular weight is 525 g/mol. The Labute approximate surface area is 221 Å². The average Bonchev–Trinajstić information content (AvgIpc) is 3.59. The van der Waals surface area contributed by atoms with E-state index in [1.807, 2.05) is 19.9 Å². The van der Waals surface area contributed by atoms with Crippen molar-refractivity contribution in [3.8, 4) is 11.5 Å². The standard InChI is InChI=1S/C29H33ClN2O5/c1-15-12-19(7-8-20(15)30)31-27(35)16(2)24(34)26-29-10-11-32(14-17-4-5-17)22(28(29,3)36)13-18-6-9-21(33)25(37-26)23(18)29/h6-9,12,17,22,26,33-34,36H,4-5,10-11,13-14H2,1-3H3,(H,31,35)/b24-16-/t22-,26+,28-,29+/m1/s1. The van der Waals surface area contributed by atoms with Crippen LogP contribution in [0.3, 0.4) is 0 Å². The lowest BCUT2D eigenvalue weighted by Crippen LogP contribution is -2.73. The lowest BCUT2D eigenvalue weighted by molar-refractivity contribution is -0.153. The first-order valence-corrected chi connectivity index (χ1v) is 13.4. The molecule has 2 fully saturated rings. The van der Waals surface area contributed by atoms with Gasteiger partial charge in [-0.05, 0) is 94.3 Å².